The quantitative estimate of drug-likeness (QED) is 0.416. The Labute approximate surface area is 126 Å². The normalized spacial score (nSPS) is 12.9. The van der Waals surface area contributed by atoms with Gasteiger partial charge in [0.25, 0.3) is 0 Å². The van der Waals surface area contributed by atoms with Crippen molar-refractivity contribution in [3.8, 4) is 0 Å². The van der Waals surface area contributed by atoms with Gasteiger partial charge in [0.2, 0.25) is 0 Å². The first kappa shape index (κ1) is 19.7. The second-order valence-electron chi connectivity index (χ2n) is 5.52. The van der Waals surface area contributed by atoms with Crippen molar-refractivity contribution in [2.75, 3.05) is 0 Å². The van der Waals surface area contributed by atoms with E-state index in [0.29, 0.717) is 0 Å². The summed E-state index contributed by atoms with van der Waals surface area (Å²) in [6.07, 6.45) is 5.01. The van der Waals surface area contributed by atoms with Gasteiger partial charge in [-0.1, -0.05) is 26.2 Å². The Morgan fingerprint density at radius 3 is 1.42 bits per heavy atom. The van der Waals surface area contributed by atoms with Crippen LogP contribution >= 0.6 is 0 Å². The molecule has 113 valence electrons. The lowest BCUT2D eigenvalue weighted by Gasteiger charge is -2.34. The molecule has 0 N–H and O–H groups in total. The molecule has 0 atom stereocenters. The van der Waals surface area contributed by atoms with E-state index in [9.17, 15) is 0 Å². The summed E-state index contributed by atoms with van der Waals surface area (Å²) in [5.74, 6) is 0. The number of hydrogen-bond acceptors (Lipinski definition) is 3. The zero-order valence-electron chi connectivity index (χ0n) is 13.8. The van der Waals surface area contributed by atoms with Crippen LogP contribution in [0.4, 0.5) is 0 Å². The third kappa shape index (κ3) is 10.2. The van der Waals surface area contributed by atoms with Crippen LogP contribution in [0, 0.1) is 0 Å². The Morgan fingerprint density at radius 2 is 1.11 bits per heavy atom. The summed E-state index contributed by atoms with van der Waals surface area (Å²) in [6.45, 7) is 15.3. The fourth-order valence-electron chi connectivity index (χ4n) is 1.92. The van der Waals surface area contributed by atoms with E-state index in [4.69, 9.17) is 12.3 Å². The highest BCUT2D eigenvalue weighted by Gasteiger charge is 2.42. The van der Waals surface area contributed by atoms with Crippen LogP contribution in [-0.4, -0.2) is 35.9 Å². The number of hydrogen-bond donors (Lipinski definition) is 0. The Hall–Kier alpha value is 0.748. The zero-order chi connectivity index (χ0) is 14.9. The highest BCUT2D eigenvalue weighted by Crippen LogP contribution is 2.23. The zero-order valence-corrected chi connectivity index (χ0v) is 17.8. The molecule has 3 nitrogen and oxygen atoms in total. The molecule has 7 heteroatoms. The van der Waals surface area contributed by atoms with Gasteiger partial charge >= 0.3 is 8.80 Å². The molecule has 0 aliphatic heterocycles. The summed E-state index contributed by atoms with van der Waals surface area (Å²) in [4.78, 5) is 0. The van der Waals surface area contributed by atoms with Gasteiger partial charge in [-0.25, -0.2) is 0 Å². The average molecular weight is 336 g/mol. The van der Waals surface area contributed by atoms with E-state index in [-0.39, 0.29) is 0 Å². The van der Waals surface area contributed by atoms with Gasteiger partial charge in [-0.15, -0.1) is 0 Å². The smallest absolute Gasteiger partial charge is 0.416 e. The van der Waals surface area contributed by atoms with Crippen LogP contribution in [0.1, 0.15) is 32.6 Å². The van der Waals surface area contributed by atoms with Gasteiger partial charge < -0.3 is 12.3 Å². The molecule has 0 heterocycles. The molecule has 19 heavy (non-hydrogen) atoms. The van der Waals surface area contributed by atoms with Crippen molar-refractivity contribution in [2.24, 2.45) is 0 Å². The maximum absolute atomic E-state index is 6.29. The first-order valence-corrected chi connectivity index (χ1v) is 16.4. The Balaban J connectivity index is 4.68. The molecule has 0 bridgehead atoms. The van der Waals surface area contributed by atoms with E-state index in [2.05, 4.69) is 46.2 Å². The van der Waals surface area contributed by atoms with Crippen LogP contribution in [0.2, 0.25) is 45.3 Å². The molecule has 0 aromatic carbocycles. The largest absolute Gasteiger partial charge is 0.469 e. The van der Waals surface area contributed by atoms with Crippen LogP contribution in [0.3, 0.4) is 0 Å². The molecule has 0 saturated heterocycles. The highest BCUT2D eigenvalue weighted by molar-refractivity contribution is 6.79. The van der Waals surface area contributed by atoms with Gasteiger partial charge in [-0.3, -0.25) is 0 Å². The third-order valence-electron chi connectivity index (χ3n) is 2.42. The lowest BCUT2D eigenvalue weighted by Crippen LogP contribution is -2.53. The SMILES string of the molecule is CCCCCC[Si](O[Si](C)C)(O[Si](C)C)O[Si](C)C. The van der Waals surface area contributed by atoms with Gasteiger partial charge in [0.1, 0.15) is 0 Å². The second-order valence-corrected chi connectivity index (χ2v) is 15.3. The number of rotatable bonds is 11. The van der Waals surface area contributed by atoms with Crippen LogP contribution < -0.4 is 0 Å². The molecule has 0 aliphatic rings. The molecular weight excluding hydrogens is 304 g/mol. The summed E-state index contributed by atoms with van der Waals surface area (Å²) in [5.41, 5.74) is 0. The molecule has 3 radical (unpaired) electrons. The lowest BCUT2D eigenvalue weighted by atomic mass is 10.2. The molecule has 0 aliphatic carbocycles. The van der Waals surface area contributed by atoms with Crippen molar-refractivity contribution in [3.63, 3.8) is 0 Å². The molecule has 0 aromatic rings. The van der Waals surface area contributed by atoms with Crippen molar-refractivity contribution in [1.29, 1.82) is 0 Å². The average Bonchev–Trinajstić information content (AvgIpc) is 2.21. The minimum Gasteiger partial charge on any atom is -0.416 e. The molecule has 0 unspecified atom stereocenters. The van der Waals surface area contributed by atoms with E-state index in [1.54, 1.807) is 0 Å². The first-order valence-electron chi connectivity index (χ1n) is 7.29. The van der Waals surface area contributed by atoms with Crippen molar-refractivity contribution >= 4 is 35.9 Å². The topological polar surface area (TPSA) is 27.7 Å². The monoisotopic (exact) mass is 335 g/mol. The summed E-state index contributed by atoms with van der Waals surface area (Å²) in [5, 5.41) is 0. The molecule has 0 fully saturated rings. The van der Waals surface area contributed by atoms with Crippen molar-refractivity contribution < 1.29 is 12.3 Å². The van der Waals surface area contributed by atoms with E-state index in [1.165, 1.54) is 25.7 Å². The van der Waals surface area contributed by atoms with E-state index < -0.39 is 35.9 Å². The van der Waals surface area contributed by atoms with Crippen LogP contribution in [-0.2, 0) is 12.3 Å². The maximum Gasteiger partial charge on any atom is 0.469 e. The number of unbranched alkanes of at least 4 members (excludes halogenated alkanes) is 3. The molecule has 0 saturated carbocycles. The first-order chi connectivity index (χ1) is 8.81. The lowest BCUT2D eigenvalue weighted by molar-refractivity contribution is 0.266. The highest BCUT2D eigenvalue weighted by atomic mass is 28.5. The predicted molar refractivity (Wildman–Crippen MR) is 90.4 cm³/mol. The fourth-order valence-corrected chi connectivity index (χ4v) is 12.9. The van der Waals surface area contributed by atoms with Crippen LogP contribution in [0.25, 0.3) is 0 Å². The summed E-state index contributed by atoms with van der Waals surface area (Å²) in [7, 11) is -4.74. The van der Waals surface area contributed by atoms with Gasteiger partial charge in [0.05, 0.1) is 0 Å². The summed E-state index contributed by atoms with van der Waals surface area (Å²) >= 11 is 0. The molecule has 0 amide bonds. The minimum atomic E-state index is -2.40. The molecule has 0 spiro atoms. The summed E-state index contributed by atoms with van der Waals surface area (Å²) in [6, 6.07) is 1.01. The minimum absolute atomic E-state index is 0.779. The van der Waals surface area contributed by atoms with Crippen molar-refractivity contribution in [1.82, 2.24) is 0 Å². The molecule has 0 aromatic heterocycles. The Kier molecular flexibility index (Phi) is 10.9. The van der Waals surface area contributed by atoms with Gasteiger partial charge in [0.15, 0.2) is 27.1 Å². The van der Waals surface area contributed by atoms with Crippen LogP contribution in [0.15, 0.2) is 0 Å². The predicted octanol–water partition coefficient (Wildman–Crippen LogP) is 4.31. The van der Waals surface area contributed by atoms with Crippen molar-refractivity contribution in [2.45, 2.75) is 77.9 Å². The van der Waals surface area contributed by atoms with E-state index in [1.807, 2.05) is 0 Å². The van der Waals surface area contributed by atoms with Gasteiger partial charge in [-0.05, 0) is 45.7 Å². The van der Waals surface area contributed by atoms with Crippen molar-refractivity contribution in [3.05, 3.63) is 0 Å². The van der Waals surface area contributed by atoms with Crippen LogP contribution in [0.5, 0.6) is 0 Å². The standard InChI is InChI=1S/C12H31O3Si4/c1-8-9-10-11-12-19(13-16(2)3,14-17(4)5)15-18(6)7/h8-12H2,1-7H3. The maximum atomic E-state index is 6.29. The van der Waals surface area contributed by atoms with Gasteiger partial charge in [-0.2, -0.15) is 0 Å². The van der Waals surface area contributed by atoms with E-state index >= 15 is 0 Å². The fraction of sp³-hybridized carbons (Fsp3) is 1.00. The second kappa shape index (κ2) is 10.5. The summed E-state index contributed by atoms with van der Waals surface area (Å²) < 4.78 is 18.9. The van der Waals surface area contributed by atoms with E-state index in [0.717, 1.165) is 6.04 Å². The molecule has 0 rings (SSSR count). The Bertz CT molecular complexity index is 198. The molecular formula is C12H31O3Si4. The van der Waals surface area contributed by atoms with Gasteiger partial charge in [0, 0.05) is 6.04 Å². The third-order valence-corrected chi connectivity index (χ3v) is 12.0. The Morgan fingerprint density at radius 1 is 0.684 bits per heavy atom.